The molecule has 1 aromatic rings. The van der Waals surface area contributed by atoms with Crippen LogP contribution in [0.1, 0.15) is 32.6 Å². The summed E-state index contributed by atoms with van der Waals surface area (Å²) in [5, 5.41) is 0. The molecule has 1 aliphatic rings. The minimum atomic E-state index is 0.214. The maximum Gasteiger partial charge on any atom is 0.145 e. The second kappa shape index (κ2) is 7.24. The SMILES string of the molecule is CCCOc1cc(OCC2CCCCO2)ccc1N. The number of benzene rings is 1. The van der Waals surface area contributed by atoms with E-state index in [1.807, 2.05) is 18.2 Å². The maximum atomic E-state index is 5.86. The van der Waals surface area contributed by atoms with Gasteiger partial charge in [0.05, 0.1) is 18.4 Å². The summed E-state index contributed by atoms with van der Waals surface area (Å²) in [5.41, 5.74) is 6.51. The first kappa shape index (κ1) is 14.0. The van der Waals surface area contributed by atoms with Gasteiger partial charge in [0, 0.05) is 12.7 Å². The summed E-state index contributed by atoms with van der Waals surface area (Å²) in [6.07, 6.45) is 4.63. The van der Waals surface area contributed by atoms with Crippen molar-refractivity contribution in [3.05, 3.63) is 18.2 Å². The van der Waals surface area contributed by atoms with E-state index in [4.69, 9.17) is 19.9 Å². The second-order valence-corrected chi connectivity index (χ2v) is 4.85. The van der Waals surface area contributed by atoms with Crippen LogP contribution in [0.5, 0.6) is 11.5 Å². The minimum Gasteiger partial charge on any atom is -0.491 e. The molecular formula is C15H23NO3. The van der Waals surface area contributed by atoms with Crippen molar-refractivity contribution < 1.29 is 14.2 Å². The predicted octanol–water partition coefficient (Wildman–Crippen LogP) is 3.01. The van der Waals surface area contributed by atoms with Crippen LogP contribution in [-0.2, 0) is 4.74 Å². The van der Waals surface area contributed by atoms with Crippen LogP contribution in [0.3, 0.4) is 0 Å². The summed E-state index contributed by atoms with van der Waals surface area (Å²) in [4.78, 5) is 0. The van der Waals surface area contributed by atoms with Crippen molar-refractivity contribution in [3.63, 3.8) is 0 Å². The van der Waals surface area contributed by atoms with Crippen molar-refractivity contribution in [1.29, 1.82) is 0 Å². The molecule has 0 saturated carbocycles. The van der Waals surface area contributed by atoms with E-state index in [2.05, 4.69) is 6.92 Å². The second-order valence-electron chi connectivity index (χ2n) is 4.85. The van der Waals surface area contributed by atoms with Crippen molar-refractivity contribution in [2.24, 2.45) is 0 Å². The van der Waals surface area contributed by atoms with Crippen molar-refractivity contribution in [2.45, 2.75) is 38.7 Å². The number of hydrogen-bond acceptors (Lipinski definition) is 4. The smallest absolute Gasteiger partial charge is 0.145 e. The molecule has 1 aliphatic heterocycles. The van der Waals surface area contributed by atoms with Gasteiger partial charge in [0.1, 0.15) is 18.1 Å². The molecule has 1 atom stereocenters. The van der Waals surface area contributed by atoms with Gasteiger partial charge in [-0.15, -0.1) is 0 Å². The molecule has 2 rings (SSSR count). The third-order valence-corrected chi connectivity index (χ3v) is 3.16. The molecule has 1 aromatic carbocycles. The number of hydrogen-bond donors (Lipinski definition) is 1. The average Bonchev–Trinajstić information content (AvgIpc) is 2.46. The van der Waals surface area contributed by atoms with Crippen molar-refractivity contribution in [1.82, 2.24) is 0 Å². The topological polar surface area (TPSA) is 53.7 Å². The maximum absolute atomic E-state index is 5.86. The van der Waals surface area contributed by atoms with E-state index >= 15 is 0 Å². The van der Waals surface area contributed by atoms with Gasteiger partial charge in [-0.25, -0.2) is 0 Å². The van der Waals surface area contributed by atoms with Crippen LogP contribution in [0.25, 0.3) is 0 Å². The number of rotatable bonds is 6. The lowest BCUT2D eigenvalue weighted by Gasteiger charge is -2.22. The molecule has 0 radical (unpaired) electrons. The molecule has 106 valence electrons. The van der Waals surface area contributed by atoms with Crippen LogP contribution in [0.4, 0.5) is 5.69 Å². The number of nitrogen functional groups attached to an aromatic ring is 1. The Morgan fingerprint density at radius 2 is 2.21 bits per heavy atom. The predicted molar refractivity (Wildman–Crippen MR) is 75.7 cm³/mol. The molecule has 0 aromatic heterocycles. The van der Waals surface area contributed by atoms with E-state index < -0.39 is 0 Å². The van der Waals surface area contributed by atoms with E-state index in [0.29, 0.717) is 24.7 Å². The normalized spacial score (nSPS) is 19.1. The summed E-state index contributed by atoms with van der Waals surface area (Å²) < 4.78 is 17.0. The van der Waals surface area contributed by atoms with Gasteiger partial charge in [-0.05, 0) is 37.8 Å². The molecule has 0 aliphatic carbocycles. The Bertz CT molecular complexity index is 389. The highest BCUT2D eigenvalue weighted by Gasteiger charge is 2.14. The van der Waals surface area contributed by atoms with Gasteiger partial charge >= 0.3 is 0 Å². The zero-order valence-corrected chi connectivity index (χ0v) is 11.6. The minimum absolute atomic E-state index is 0.214. The summed E-state index contributed by atoms with van der Waals surface area (Å²) in [5.74, 6) is 1.48. The summed E-state index contributed by atoms with van der Waals surface area (Å²) >= 11 is 0. The molecule has 0 amide bonds. The van der Waals surface area contributed by atoms with Gasteiger partial charge in [-0.2, -0.15) is 0 Å². The van der Waals surface area contributed by atoms with E-state index in [-0.39, 0.29) is 6.10 Å². The van der Waals surface area contributed by atoms with Crippen molar-refractivity contribution in [3.8, 4) is 11.5 Å². The highest BCUT2D eigenvalue weighted by Crippen LogP contribution is 2.27. The Morgan fingerprint density at radius 1 is 1.32 bits per heavy atom. The van der Waals surface area contributed by atoms with Gasteiger partial charge in [-0.3, -0.25) is 0 Å². The van der Waals surface area contributed by atoms with Gasteiger partial charge in [0.15, 0.2) is 0 Å². The molecule has 1 heterocycles. The highest BCUT2D eigenvalue weighted by atomic mass is 16.5. The Kier molecular flexibility index (Phi) is 5.33. The number of nitrogens with two attached hydrogens (primary N) is 1. The molecule has 4 heteroatoms. The van der Waals surface area contributed by atoms with E-state index in [1.165, 1.54) is 6.42 Å². The Balaban J connectivity index is 1.88. The van der Waals surface area contributed by atoms with Gasteiger partial charge < -0.3 is 19.9 Å². The quantitative estimate of drug-likeness (QED) is 0.803. The van der Waals surface area contributed by atoms with Crippen molar-refractivity contribution >= 4 is 5.69 Å². The lowest BCUT2D eigenvalue weighted by molar-refractivity contribution is -0.0111. The van der Waals surface area contributed by atoms with E-state index in [1.54, 1.807) is 0 Å². The molecule has 2 N–H and O–H groups in total. The first-order chi connectivity index (χ1) is 9.29. The fraction of sp³-hybridized carbons (Fsp3) is 0.600. The molecule has 19 heavy (non-hydrogen) atoms. The molecule has 1 unspecified atom stereocenters. The number of ether oxygens (including phenoxy) is 3. The first-order valence-corrected chi connectivity index (χ1v) is 7.06. The van der Waals surface area contributed by atoms with E-state index in [9.17, 15) is 0 Å². The van der Waals surface area contributed by atoms with Gasteiger partial charge in [-0.1, -0.05) is 6.92 Å². The van der Waals surface area contributed by atoms with Crippen LogP contribution < -0.4 is 15.2 Å². The molecule has 4 nitrogen and oxygen atoms in total. The Hall–Kier alpha value is -1.42. The van der Waals surface area contributed by atoms with Gasteiger partial charge in [0.2, 0.25) is 0 Å². The van der Waals surface area contributed by atoms with E-state index in [0.717, 1.165) is 31.6 Å². The summed E-state index contributed by atoms with van der Waals surface area (Å²) in [6, 6.07) is 5.55. The molecular weight excluding hydrogens is 242 g/mol. The molecule has 0 bridgehead atoms. The number of anilines is 1. The lowest BCUT2D eigenvalue weighted by atomic mass is 10.1. The largest absolute Gasteiger partial charge is 0.491 e. The fourth-order valence-electron chi connectivity index (χ4n) is 2.07. The summed E-state index contributed by atoms with van der Waals surface area (Å²) in [6.45, 7) is 4.17. The Morgan fingerprint density at radius 3 is 2.95 bits per heavy atom. The lowest BCUT2D eigenvalue weighted by Crippen LogP contribution is -2.25. The standard InChI is InChI=1S/C15H23NO3/c1-2-8-18-15-10-12(6-7-14(15)16)19-11-13-5-3-4-9-17-13/h6-7,10,13H,2-5,8-9,11,16H2,1H3. The highest BCUT2D eigenvalue weighted by molar-refractivity contribution is 5.55. The average molecular weight is 265 g/mol. The van der Waals surface area contributed by atoms with Crippen LogP contribution >= 0.6 is 0 Å². The zero-order valence-electron chi connectivity index (χ0n) is 11.6. The molecule has 0 spiro atoms. The van der Waals surface area contributed by atoms with Crippen LogP contribution in [0, 0.1) is 0 Å². The van der Waals surface area contributed by atoms with Crippen LogP contribution in [-0.4, -0.2) is 25.9 Å². The van der Waals surface area contributed by atoms with Gasteiger partial charge in [0.25, 0.3) is 0 Å². The molecule has 1 fully saturated rings. The first-order valence-electron chi connectivity index (χ1n) is 7.06. The monoisotopic (exact) mass is 265 g/mol. The summed E-state index contributed by atoms with van der Waals surface area (Å²) in [7, 11) is 0. The third kappa shape index (κ3) is 4.31. The Labute approximate surface area is 114 Å². The van der Waals surface area contributed by atoms with Crippen molar-refractivity contribution in [2.75, 3.05) is 25.6 Å². The van der Waals surface area contributed by atoms with Crippen LogP contribution in [0.15, 0.2) is 18.2 Å². The fourth-order valence-corrected chi connectivity index (χ4v) is 2.07. The van der Waals surface area contributed by atoms with Crippen LogP contribution in [0.2, 0.25) is 0 Å². The zero-order chi connectivity index (χ0) is 13.5. The third-order valence-electron chi connectivity index (χ3n) is 3.16. The molecule has 1 saturated heterocycles.